The summed E-state index contributed by atoms with van der Waals surface area (Å²) in [4.78, 5) is 0. The molecule has 1 aromatic carbocycles. The summed E-state index contributed by atoms with van der Waals surface area (Å²) in [5.74, 6) is 2.07. The summed E-state index contributed by atoms with van der Waals surface area (Å²) in [5.41, 5.74) is 0. The maximum atomic E-state index is 8.55. The minimum Gasteiger partial charge on any atom is -0.512 e. The van der Waals surface area contributed by atoms with Gasteiger partial charge in [-0.15, -0.1) is 0 Å². The van der Waals surface area contributed by atoms with E-state index in [1.807, 2.05) is 6.26 Å². The number of benzene rings is 1. The van der Waals surface area contributed by atoms with Gasteiger partial charge in [-0.1, -0.05) is 0 Å². The quantitative estimate of drug-likeness (QED) is 0.556. The Morgan fingerprint density at radius 1 is 1.20 bits per heavy atom. The molecule has 0 saturated heterocycles. The fourth-order valence-electron chi connectivity index (χ4n) is 0.979. The first-order chi connectivity index (χ1) is 7.22. The highest BCUT2D eigenvalue weighted by atomic mass is 32.2. The Balaban J connectivity index is 2.42. The first-order valence-electron chi connectivity index (χ1n) is 4.47. The summed E-state index contributed by atoms with van der Waals surface area (Å²) in [6.07, 6.45) is 2.02. The maximum absolute atomic E-state index is 8.55. The molecular weight excluding hydrogens is 215 g/mol. The van der Waals surface area contributed by atoms with E-state index < -0.39 is 7.32 Å². The first kappa shape index (κ1) is 12.2. The second kappa shape index (κ2) is 6.60. The highest BCUT2D eigenvalue weighted by Gasteiger charge is 2.10. The normalized spacial score (nSPS) is 9.80. The zero-order valence-electron chi connectivity index (χ0n) is 8.42. The molecule has 0 aliphatic heterocycles. The second-order valence-corrected chi connectivity index (χ2v) is 3.74. The van der Waals surface area contributed by atoms with Gasteiger partial charge in [0.1, 0.15) is 11.5 Å². The standard InChI is InChI=1S/C9H13BO4S/c1-15-7-6-13-8-2-4-9(5-3-8)14-10(11)12/h2-5,11-12H,6-7H2,1H3. The summed E-state index contributed by atoms with van der Waals surface area (Å²) in [6.45, 7) is 0.657. The molecule has 0 heterocycles. The van der Waals surface area contributed by atoms with E-state index in [1.165, 1.54) is 0 Å². The van der Waals surface area contributed by atoms with Gasteiger partial charge < -0.3 is 19.4 Å². The third-order valence-electron chi connectivity index (χ3n) is 1.62. The van der Waals surface area contributed by atoms with E-state index in [0.717, 1.165) is 11.5 Å². The third-order valence-corrected chi connectivity index (χ3v) is 2.20. The Morgan fingerprint density at radius 2 is 1.80 bits per heavy atom. The zero-order chi connectivity index (χ0) is 11.1. The molecule has 82 valence electrons. The van der Waals surface area contributed by atoms with Crippen molar-refractivity contribution in [2.24, 2.45) is 0 Å². The van der Waals surface area contributed by atoms with Gasteiger partial charge in [-0.25, -0.2) is 0 Å². The van der Waals surface area contributed by atoms with Crippen molar-refractivity contribution in [3.8, 4) is 11.5 Å². The predicted molar refractivity (Wildman–Crippen MR) is 61.1 cm³/mol. The lowest BCUT2D eigenvalue weighted by Gasteiger charge is -2.07. The second-order valence-electron chi connectivity index (χ2n) is 2.76. The lowest BCUT2D eigenvalue weighted by atomic mass is 10.2. The SMILES string of the molecule is CSCCOc1ccc(OB(O)O)cc1. The average Bonchev–Trinajstić information content (AvgIpc) is 2.20. The molecule has 0 amide bonds. The molecule has 1 aromatic rings. The van der Waals surface area contributed by atoms with Crippen molar-refractivity contribution < 1.29 is 19.4 Å². The molecule has 1 rings (SSSR count). The van der Waals surface area contributed by atoms with E-state index >= 15 is 0 Å². The Kier molecular flexibility index (Phi) is 5.38. The lowest BCUT2D eigenvalue weighted by molar-refractivity contribution is 0.287. The Bertz CT molecular complexity index is 278. The van der Waals surface area contributed by atoms with Gasteiger partial charge in [0.15, 0.2) is 0 Å². The van der Waals surface area contributed by atoms with Crippen LogP contribution in [0.15, 0.2) is 24.3 Å². The molecule has 0 fully saturated rings. The van der Waals surface area contributed by atoms with E-state index in [1.54, 1.807) is 36.0 Å². The molecule has 0 atom stereocenters. The monoisotopic (exact) mass is 228 g/mol. The topological polar surface area (TPSA) is 58.9 Å². The molecule has 0 aromatic heterocycles. The summed E-state index contributed by atoms with van der Waals surface area (Å²) in [6, 6.07) is 6.68. The third kappa shape index (κ3) is 4.97. The minimum absolute atomic E-state index is 0.391. The van der Waals surface area contributed by atoms with Gasteiger partial charge in [-0.05, 0) is 30.5 Å². The maximum Gasteiger partial charge on any atom is 0.707 e. The summed E-state index contributed by atoms with van der Waals surface area (Å²) >= 11 is 1.72. The molecule has 0 aliphatic carbocycles. The molecule has 0 aliphatic rings. The van der Waals surface area contributed by atoms with Crippen molar-refractivity contribution in [3.05, 3.63) is 24.3 Å². The summed E-state index contributed by atoms with van der Waals surface area (Å²) < 4.78 is 10.1. The van der Waals surface area contributed by atoms with Gasteiger partial charge in [-0.2, -0.15) is 11.8 Å². The number of hydrogen-bond acceptors (Lipinski definition) is 5. The van der Waals surface area contributed by atoms with Gasteiger partial charge in [-0.3, -0.25) is 0 Å². The lowest BCUT2D eigenvalue weighted by Crippen LogP contribution is -2.20. The van der Waals surface area contributed by atoms with Crippen LogP contribution in [0.4, 0.5) is 0 Å². The number of hydrogen-bond donors (Lipinski definition) is 2. The summed E-state index contributed by atoms with van der Waals surface area (Å²) in [7, 11) is -1.78. The molecule has 2 N–H and O–H groups in total. The molecule has 0 radical (unpaired) electrons. The van der Waals surface area contributed by atoms with Crippen LogP contribution < -0.4 is 9.39 Å². The average molecular weight is 228 g/mol. The molecule has 0 saturated carbocycles. The molecule has 0 spiro atoms. The van der Waals surface area contributed by atoms with E-state index in [-0.39, 0.29) is 0 Å². The molecule has 0 bridgehead atoms. The van der Waals surface area contributed by atoms with Gasteiger partial charge in [0, 0.05) is 5.75 Å². The van der Waals surface area contributed by atoms with Crippen LogP contribution in [0.3, 0.4) is 0 Å². The van der Waals surface area contributed by atoms with Crippen LogP contribution >= 0.6 is 11.8 Å². The number of thioether (sulfide) groups is 1. The van der Waals surface area contributed by atoms with Crippen molar-refractivity contribution in [2.75, 3.05) is 18.6 Å². The molecule has 6 heteroatoms. The molecule has 15 heavy (non-hydrogen) atoms. The van der Waals surface area contributed by atoms with E-state index in [9.17, 15) is 0 Å². The van der Waals surface area contributed by atoms with E-state index in [4.69, 9.17) is 14.8 Å². The van der Waals surface area contributed by atoms with Gasteiger partial charge in [0.25, 0.3) is 0 Å². The Labute approximate surface area is 93.4 Å². The van der Waals surface area contributed by atoms with Crippen LogP contribution in [0.5, 0.6) is 11.5 Å². The highest BCUT2D eigenvalue weighted by molar-refractivity contribution is 7.98. The minimum atomic E-state index is -1.78. The zero-order valence-corrected chi connectivity index (χ0v) is 9.24. The van der Waals surface area contributed by atoms with Crippen LogP contribution in [0, 0.1) is 0 Å². The van der Waals surface area contributed by atoms with E-state index in [0.29, 0.717) is 12.4 Å². The van der Waals surface area contributed by atoms with Gasteiger partial charge in [0.2, 0.25) is 0 Å². The van der Waals surface area contributed by atoms with Crippen molar-refractivity contribution in [1.82, 2.24) is 0 Å². The van der Waals surface area contributed by atoms with Crippen LogP contribution in [-0.2, 0) is 0 Å². The van der Waals surface area contributed by atoms with Crippen molar-refractivity contribution in [3.63, 3.8) is 0 Å². The highest BCUT2D eigenvalue weighted by Crippen LogP contribution is 2.17. The fourth-order valence-corrected chi connectivity index (χ4v) is 1.23. The molecule has 0 unspecified atom stereocenters. The molecular formula is C9H13BO4S. The Morgan fingerprint density at radius 3 is 2.33 bits per heavy atom. The molecule has 4 nitrogen and oxygen atoms in total. The van der Waals surface area contributed by atoms with Crippen LogP contribution in [-0.4, -0.2) is 36.0 Å². The smallest absolute Gasteiger partial charge is 0.512 e. The van der Waals surface area contributed by atoms with Gasteiger partial charge >= 0.3 is 7.32 Å². The largest absolute Gasteiger partial charge is 0.707 e. The van der Waals surface area contributed by atoms with Crippen LogP contribution in [0.25, 0.3) is 0 Å². The first-order valence-corrected chi connectivity index (χ1v) is 5.86. The van der Waals surface area contributed by atoms with Crippen molar-refractivity contribution in [1.29, 1.82) is 0 Å². The Hall–Kier alpha value is -0.845. The van der Waals surface area contributed by atoms with Gasteiger partial charge in [0.05, 0.1) is 6.61 Å². The fraction of sp³-hybridized carbons (Fsp3) is 0.333. The number of ether oxygens (including phenoxy) is 1. The van der Waals surface area contributed by atoms with Crippen molar-refractivity contribution >= 4 is 19.1 Å². The number of rotatable bonds is 6. The van der Waals surface area contributed by atoms with E-state index in [2.05, 4.69) is 4.65 Å². The van der Waals surface area contributed by atoms with Crippen LogP contribution in [0.2, 0.25) is 0 Å². The summed E-state index contributed by atoms with van der Waals surface area (Å²) in [5, 5.41) is 17.1. The predicted octanol–water partition coefficient (Wildman–Crippen LogP) is 0.777. The van der Waals surface area contributed by atoms with Crippen molar-refractivity contribution in [2.45, 2.75) is 0 Å². The van der Waals surface area contributed by atoms with Crippen LogP contribution in [0.1, 0.15) is 0 Å².